The Bertz CT molecular complexity index is 990. The molecule has 1 aliphatic rings. The van der Waals surface area contributed by atoms with Crippen LogP contribution in [0.5, 0.6) is 0 Å². The number of aromatic nitrogens is 2. The molecule has 2 N–H and O–H groups in total. The van der Waals surface area contributed by atoms with Crippen LogP contribution in [0.3, 0.4) is 0 Å². The van der Waals surface area contributed by atoms with Crippen molar-refractivity contribution in [2.24, 2.45) is 0 Å². The van der Waals surface area contributed by atoms with Gasteiger partial charge in [0.25, 0.3) is 0 Å². The molecular formula is C21H24N6O4. The molecule has 0 aromatic carbocycles. The van der Waals surface area contributed by atoms with Gasteiger partial charge in [0, 0.05) is 33.0 Å². The summed E-state index contributed by atoms with van der Waals surface area (Å²) in [5, 5.41) is 15.2. The maximum absolute atomic E-state index is 13.2. The molecule has 1 aliphatic heterocycles. The summed E-state index contributed by atoms with van der Waals surface area (Å²) < 4.78 is 10.3. The Balaban J connectivity index is 1.88. The first-order valence-corrected chi connectivity index (χ1v) is 9.78. The molecule has 0 aliphatic carbocycles. The first-order valence-electron chi connectivity index (χ1n) is 9.78. The molecule has 2 aromatic heterocycles. The Kier molecular flexibility index (Phi) is 7.48. The number of nitrogens with zero attached hydrogens (tertiary/aromatic N) is 4. The maximum atomic E-state index is 13.2. The number of aldehydes is 1. The highest BCUT2D eigenvalue weighted by molar-refractivity contribution is 6.02. The maximum Gasteiger partial charge on any atom is 0.329 e. The van der Waals surface area contributed by atoms with Crippen molar-refractivity contribution in [2.75, 3.05) is 49.5 Å². The van der Waals surface area contributed by atoms with Crippen LogP contribution in [0.1, 0.15) is 28.0 Å². The highest BCUT2D eigenvalue weighted by Gasteiger charge is 2.33. The molecule has 2 aromatic rings. The van der Waals surface area contributed by atoms with E-state index in [0.717, 1.165) is 12.0 Å². The van der Waals surface area contributed by atoms with Gasteiger partial charge in [0.05, 0.1) is 30.5 Å². The predicted molar refractivity (Wildman–Crippen MR) is 114 cm³/mol. The normalized spacial score (nSPS) is 15.0. The molecule has 0 bridgehead atoms. The summed E-state index contributed by atoms with van der Waals surface area (Å²) in [6.07, 6.45) is 3.46. The minimum Gasteiger partial charge on any atom is -0.383 e. The topological polar surface area (TPSA) is 129 Å². The van der Waals surface area contributed by atoms with E-state index in [-0.39, 0.29) is 17.6 Å². The van der Waals surface area contributed by atoms with Crippen molar-refractivity contribution in [1.82, 2.24) is 9.97 Å². The van der Waals surface area contributed by atoms with E-state index in [4.69, 9.17) is 9.47 Å². The SMILES string of the molecule is COCCNc1cc(NC(=O)N2c3nc(C=O)ccc3CCC2COC)ncc1C#N. The van der Waals surface area contributed by atoms with Gasteiger partial charge in [-0.1, -0.05) is 6.07 Å². The van der Waals surface area contributed by atoms with Crippen LogP contribution in [0.2, 0.25) is 0 Å². The van der Waals surface area contributed by atoms with Crippen molar-refractivity contribution in [3.8, 4) is 6.07 Å². The van der Waals surface area contributed by atoms with E-state index in [2.05, 4.69) is 26.7 Å². The number of amides is 2. The van der Waals surface area contributed by atoms with Gasteiger partial charge in [0.15, 0.2) is 6.29 Å². The number of hydrogen-bond acceptors (Lipinski definition) is 8. The van der Waals surface area contributed by atoms with Gasteiger partial charge >= 0.3 is 6.03 Å². The van der Waals surface area contributed by atoms with Gasteiger partial charge in [-0.15, -0.1) is 0 Å². The average molecular weight is 424 g/mol. The second-order valence-electron chi connectivity index (χ2n) is 6.93. The lowest BCUT2D eigenvalue weighted by atomic mass is 9.99. The number of aryl methyl sites for hydroxylation is 1. The molecule has 1 unspecified atom stereocenters. The van der Waals surface area contributed by atoms with Crippen LogP contribution in [0.25, 0.3) is 0 Å². The molecule has 10 heteroatoms. The van der Waals surface area contributed by atoms with Crippen LogP contribution in [-0.4, -0.2) is 62.3 Å². The Labute approximate surface area is 180 Å². The summed E-state index contributed by atoms with van der Waals surface area (Å²) in [5.74, 6) is 0.709. The predicted octanol–water partition coefficient (Wildman–Crippen LogP) is 2.22. The molecule has 0 radical (unpaired) electrons. The number of hydrogen-bond donors (Lipinski definition) is 2. The van der Waals surface area contributed by atoms with Crippen LogP contribution < -0.4 is 15.5 Å². The number of carbonyl (C=O) groups excluding carboxylic acids is 2. The summed E-state index contributed by atoms with van der Waals surface area (Å²) >= 11 is 0. The lowest BCUT2D eigenvalue weighted by Crippen LogP contribution is -2.48. The van der Waals surface area contributed by atoms with Gasteiger partial charge < -0.3 is 14.8 Å². The average Bonchev–Trinajstić information content (AvgIpc) is 2.79. The Hall–Kier alpha value is -3.55. The first-order chi connectivity index (χ1) is 15.1. The number of urea groups is 1. The molecule has 2 amide bonds. The summed E-state index contributed by atoms with van der Waals surface area (Å²) in [5.41, 5.74) is 2.02. The highest BCUT2D eigenvalue weighted by Crippen LogP contribution is 2.30. The van der Waals surface area contributed by atoms with Crippen molar-refractivity contribution >= 4 is 29.6 Å². The van der Waals surface area contributed by atoms with Crippen LogP contribution in [0.4, 0.5) is 22.1 Å². The Morgan fingerprint density at radius 1 is 1.39 bits per heavy atom. The number of nitrogens with one attached hydrogen (secondary N) is 2. The van der Waals surface area contributed by atoms with E-state index in [0.29, 0.717) is 49.5 Å². The minimum absolute atomic E-state index is 0.246. The first kappa shape index (κ1) is 22.1. The van der Waals surface area contributed by atoms with E-state index < -0.39 is 6.03 Å². The van der Waals surface area contributed by atoms with E-state index >= 15 is 0 Å². The molecule has 31 heavy (non-hydrogen) atoms. The van der Waals surface area contributed by atoms with Crippen LogP contribution >= 0.6 is 0 Å². The van der Waals surface area contributed by atoms with Crippen LogP contribution in [-0.2, 0) is 15.9 Å². The second-order valence-corrected chi connectivity index (χ2v) is 6.93. The number of methoxy groups -OCH3 is 2. The number of anilines is 3. The molecule has 0 saturated heterocycles. The number of pyridine rings is 2. The zero-order chi connectivity index (χ0) is 22.2. The number of carbonyl (C=O) groups is 2. The lowest BCUT2D eigenvalue weighted by molar-refractivity contribution is 0.111. The van der Waals surface area contributed by atoms with Crippen molar-refractivity contribution in [3.63, 3.8) is 0 Å². The van der Waals surface area contributed by atoms with Gasteiger partial charge in [-0.2, -0.15) is 5.26 Å². The third-order valence-electron chi connectivity index (χ3n) is 4.90. The van der Waals surface area contributed by atoms with E-state index in [1.54, 1.807) is 26.4 Å². The summed E-state index contributed by atoms with van der Waals surface area (Å²) in [7, 11) is 3.16. The van der Waals surface area contributed by atoms with Crippen molar-refractivity contribution in [3.05, 3.63) is 41.2 Å². The van der Waals surface area contributed by atoms with E-state index in [1.165, 1.54) is 11.1 Å². The van der Waals surface area contributed by atoms with Crippen molar-refractivity contribution in [2.45, 2.75) is 18.9 Å². The number of ether oxygens (including phenoxy) is 2. The largest absolute Gasteiger partial charge is 0.383 e. The molecule has 3 rings (SSSR count). The standard InChI is InChI=1S/C21H24N6O4/c1-30-8-7-23-18-9-19(24-11-15(18)10-22)26-21(29)27-17(13-31-2)6-4-14-3-5-16(12-28)25-20(14)27/h3,5,9,11-12,17H,4,6-8,13H2,1-2H3,(H2,23,24,26,29). The Morgan fingerprint density at radius 2 is 2.23 bits per heavy atom. The fourth-order valence-electron chi connectivity index (χ4n) is 3.41. The van der Waals surface area contributed by atoms with Gasteiger partial charge in [0.2, 0.25) is 0 Å². The summed E-state index contributed by atoms with van der Waals surface area (Å²) in [6.45, 7) is 1.28. The zero-order valence-corrected chi connectivity index (χ0v) is 17.4. The van der Waals surface area contributed by atoms with Gasteiger partial charge in [-0.3, -0.25) is 15.0 Å². The van der Waals surface area contributed by atoms with Crippen LogP contribution in [0, 0.1) is 11.3 Å². The smallest absolute Gasteiger partial charge is 0.329 e. The summed E-state index contributed by atoms with van der Waals surface area (Å²) in [6, 6.07) is 6.42. The Morgan fingerprint density at radius 3 is 2.94 bits per heavy atom. The molecule has 1 atom stereocenters. The minimum atomic E-state index is -0.446. The molecule has 3 heterocycles. The molecular weight excluding hydrogens is 400 g/mol. The quantitative estimate of drug-likeness (QED) is 0.487. The second kappa shape index (κ2) is 10.5. The van der Waals surface area contributed by atoms with E-state index in [9.17, 15) is 14.9 Å². The van der Waals surface area contributed by atoms with E-state index in [1.807, 2.05) is 6.07 Å². The van der Waals surface area contributed by atoms with Crippen molar-refractivity contribution in [1.29, 1.82) is 5.26 Å². The lowest BCUT2D eigenvalue weighted by Gasteiger charge is -2.35. The van der Waals surface area contributed by atoms with Gasteiger partial charge in [-0.05, 0) is 24.5 Å². The number of fused-ring (bicyclic) bond motifs is 1. The molecule has 0 saturated carbocycles. The fraction of sp³-hybridized carbons (Fsp3) is 0.381. The zero-order valence-electron chi connectivity index (χ0n) is 17.4. The van der Waals surface area contributed by atoms with Gasteiger partial charge in [-0.25, -0.2) is 14.8 Å². The molecule has 0 fully saturated rings. The number of rotatable bonds is 8. The van der Waals surface area contributed by atoms with Crippen molar-refractivity contribution < 1.29 is 19.1 Å². The third kappa shape index (κ3) is 5.14. The summed E-state index contributed by atoms with van der Waals surface area (Å²) in [4.78, 5) is 34.5. The third-order valence-corrected chi connectivity index (χ3v) is 4.90. The molecule has 10 nitrogen and oxygen atoms in total. The number of nitriles is 1. The monoisotopic (exact) mass is 424 g/mol. The fourth-order valence-corrected chi connectivity index (χ4v) is 3.41. The highest BCUT2D eigenvalue weighted by atomic mass is 16.5. The molecule has 162 valence electrons. The van der Waals surface area contributed by atoms with Gasteiger partial charge in [0.1, 0.15) is 23.4 Å². The van der Waals surface area contributed by atoms with Crippen LogP contribution in [0.15, 0.2) is 24.4 Å². The molecule has 0 spiro atoms.